The quantitative estimate of drug-likeness (QED) is 0.692. The first-order chi connectivity index (χ1) is 7.67. The van der Waals surface area contributed by atoms with Gasteiger partial charge in [0.2, 0.25) is 0 Å². The summed E-state index contributed by atoms with van der Waals surface area (Å²) in [5.41, 5.74) is 2.13. The van der Waals surface area contributed by atoms with Crippen molar-refractivity contribution >= 4 is 11.6 Å². The molecule has 0 aliphatic rings. The fourth-order valence-corrected chi connectivity index (χ4v) is 1.47. The number of hydrogen-bond acceptors (Lipinski definition) is 1. The van der Waals surface area contributed by atoms with E-state index in [1.54, 1.807) is 0 Å². The van der Waals surface area contributed by atoms with Gasteiger partial charge in [-0.3, -0.25) is 0 Å². The van der Waals surface area contributed by atoms with E-state index in [1.807, 2.05) is 44.2 Å². The van der Waals surface area contributed by atoms with Crippen molar-refractivity contribution in [3.63, 3.8) is 0 Å². The van der Waals surface area contributed by atoms with Crippen LogP contribution in [0.4, 0.5) is 0 Å². The zero-order valence-electron chi connectivity index (χ0n) is 9.79. The molecule has 16 heavy (non-hydrogen) atoms. The highest BCUT2D eigenvalue weighted by atomic mass is 35.5. The molecule has 0 radical (unpaired) electrons. The fraction of sp³-hybridized carbons (Fsp3) is 0.286. The van der Waals surface area contributed by atoms with Crippen molar-refractivity contribution in [3.05, 3.63) is 53.1 Å². The molecule has 0 amide bonds. The highest BCUT2D eigenvalue weighted by molar-refractivity contribution is 6.31. The van der Waals surface area contributed by atoms with E-state index in [0.29, 0.717) is 6.61 Å². The second kappa shape index (κ2) is 6.39. The van der Waals surface area contributed by atoms with Gasteiger partial charge in [-0.25, -0.2) is 0 Å². The lowest BCUT2D eigenvalue weighted by atomic mass is 10.1. The van der Waals surface area contributed by atoms with Gasteiger partial charge in [0.25, 0.3) is 0 Å². The normalized spacial score (nSPS) is 11.3. The van der Waals surface area contributed by atoms with E-state index in [4.69, 9.17) is 16.3 Å². The first-order valence-electron chi connectivity index (χ1n) is 5.39. The predicted molar refractivity (Wildman–Crippen MR) is 70.1 cm³/mol. The number of rotatable bonds is 5. The van der Waals surface area contributed by atoms with Gasteiger partial charge in [0.15, 0.2) is 0 Å². The van der Waals surface area contributed by atoms with Crippen LogP contribution in [0.5, 0.6) is 5.75 Å². The van der Waals surface area contributed by atoms with Crippen molar-refractivity contribution in [2.75, 3.05) is 6.61 Å². The smallest absolute Gasteiger partial charge is 0.119 e. The van der Waals surface area contributed by atoms with Gasteiger partial charge >= 0.3 is 0 Å². The lowest BCUT2D eigenvalue weighted by molar-refractivity contribution is 0.340. The second-order valence-electron chi connectivity index (χ2n) is 3.49. The van der Waals surface area contributed by atoms with E-state index < -0.39 is 0 Å². The van der Waals surface area contributed by atoms with Crippen LogP contribution >= 0.6 is 11.6 Å². The van der Waals surface area contributed by atoms with Gasteiger partial charge in [0.1, 0.15) is 5.75 Å². The Labute approximate surface area is 102 Å². The van der Waals surface area contributed by atoms with Crippen molar-refractivity contribution in [3.8, 4) is 5.75 Å². The molecule has 0 aliphatic carbocycles. The number of halogens is 1. The summed E-state index contributed by atoms with van der Waals surface area (Å²) in [5.74, 6) is 0.897. The molecule has 1 rings (SSSR count). The molecule has 0 saturated heterocycles. The summed E-state index contributed by atoms with van der Waals surface area (Å²) in [7, 11) is 0. The molecular formula is C14H17ClO. The first-order valence-corrected chi connectivity index (χ1v) is 5.76. The molecule has 0 aliphatic heterocycles. The van der Waals surface area contributed by atoms with E-state index in [2.05, 4.69) is 6.58 Å². The maximum absolute atomic E-state index is 5.98. The van der Waals surface area contributed by atoms with E-state index >= 15 is 0 Å². The van der Waals surface area contributed by atoms with Crippen LogP contribution in [-0.2, 0) is 6.42 Å². The lowest BCUT2D eigenvalue weighted by Gasteiger charge is -2.06. The molecule has 0 N–H and O–H groups in total. The molecule has 0 fully saturated rings. The highest BCUT2D eigenvalue weighted by Gasteiger charge is 2.01. The number of ether oxygens (including phenoxy) is 1. The van der Waals surface area contributed by atoms with Crippen molar-refractivity contribution in [2.24, 2.45) is 0 Å². The summed E-state index contributed by atoms with van der Waals surface area (Å²) in [5, 5.41) is 0.730. The molecule has 2 heteroatoms. The Balaban J connectivity index is 2.65. The minimum atomic E-state index is 0.691. The molecule has 1 nitrogen and oxygen atoms in total. The van der Waals surface area contributed by atoms with Crippen LogP contribution in [0.25, 0.3) is 0 Å². The van der Waals surface area contributed by atoms with E-state index in [1.165, 1.54) is 5.56 Å². The van der Waals surface area contributed by atoms with Crippen LogP contribution in [0.3, 0.4) is 0 Å². The van der Waals surface area contributed by atoms with Crippen LogP contribution in [0.2, 0.25) is 0 Å². The SMILES string of the molecule is C=C(Cc1ccc(OCC)cc1)C(Cl)=CC. The van der Waals surface area contributed by atoms with Gasteiger partial charge in [-0.1, -0.05) is 36.4 Å². The minimum absolute atomic E-state index is 0.691. The summed E-state index contributed by atoms with van der Waals surface area (Å²) >= 11 is 5.98. The third-order valence-electron chi connectivity index (χ3n) is 2.24. The minimum Gasteiger partial charge on any atom is -0.494 e. The van der Waals surface area contributed by atoms with Crippen molar-refractivity contribution in [1.29, 1.82) is 0 Å². The van der Waals surface area contributed by atoms with Gasteiger partial charge in [0, 0.05) is 5.03 Å². The highest BCUT2D eigenvalue weighted by Crippen LogP contribution is 2.19. The number of allylic oxidation sites excluding steroid dienone is 3. The van der Waals surface area contributed by atoms with Gasteiger partial charge in [-0.05, 0) is 43.5 Å². The van der Waals surface area contributed by atoms with E-state index in [0.717, 1.165) is 22.8 Å². The molecule has 0 atom stereocenters. The molecule has 0 heterocycles. The zero-order valence-corrected chi connectivity index (χ0v) is 10.6. The fourth-order valence-electron chi connectivity index (χ4n) is 1.41. The van der Waals surface area contributed by atoms with Gasteiger partial charge < -0.3 is 4.74 Å². The molecule has 1 aromatic carbocycles. The zero-order chi connectivity index (χ0) is 12.0. The summed E-state index contributed by atoms with van der Waals surface area (Å²) < 4.78 is 5.37. The molecule has 0 aromatic heterocycles. The topological polar surface area (TPSA) is 9.23 Å². The molecule has 86 valence electrons. The van der Waals surface area contributed by atoms with Gasteiger partial charge in [-0.15, -0.1) is 0 Å². The van der Waals surface area contributed by atoms with Crippen LogP contribution < -0.4 is 4.74 Å². The van der Waals surface area contributed by atoms with Gasteiger partial charge in [0.05, 0.1) is 6.61 Å². The summed E-state index contributed by atoms with van der Waals surface area (Å²) in [6, 6.07) is 8.01. The van der Waals surface area contributed by atoms with Crippen molar-refractivity contribution in [1.82, 2.24) is 0 Å². The standard InChI is InChI=1S/C14H17ClO/c1-4-14(15)11(3)10-12-6-8-13(9-7-12)16-5-2/h4,6-9H,3,5,10H2,1-2H3. The van der Waals surface area contributed by atoms with Crippen molar-refractivity contribution in [2.45, 2.75) is 20.3 Å². The maximum atomic E-state index is 5.98. The Hall–Kier alpha value is -1.21. The maximum Gasteiger partial charge on any atom is 0.119 e. The largest absolute Gasteiger partial charge is 0.494 e. The monoisotopic (exact) mass is 236 g/mol. The molecule has 0 bridgehead atoms. The Morgan fingerprint density at radius 3 is 2.50 bits per heavy atom. The second-order valence-corrected chi connectivity index (χ2v) is 3.90. The third-order valence-corrected chi connectivity index (χ3v) is 2.73. The Kier molecular flexibility index (Phi) is 5.13. The van der Waals surface area contributed by atoms with Crippen LogP contribution in [0.1, 0.15) is 19.4 Å². The first kappa shape index (κ1) is 12.9. The van der Waals surface area contributed by atoms with Crippen LogP contribution in [0.15, 0.2) is 47.5 Å². The summed E-state index contributed by atoms with van der Waals surface area (Å²) in [6.45, 7) is 8.52. The van der Waals surface area contributed by atoms with E-state index in [9.17, 15) is 0 Å². The number of hydrogen-bond donors (Lipinski definition) is 0. The van der Waals surface area contributed by atoms with E-state index in [-0.39, 0.29) is 0 Å². The predicted octanol–water partition coefficient (Wildman–Crippen LogP) is 4.33. The Bertz CT molecular complexity index is 376. The number of benzene rings is 1. The molecule has 0 spiro atoms. The molecule has 0 saturated carbocycles. The average molecular weight is 237 g/mol. The Morgan fingerprint density at radius 2 is 2.00 bits per heavy atom. The lowest BCUT2D eigenvalue weighted by Crippen LogP contribution is -1.93. The van der Waals surface area contributed by atoms with Crippen LogP contribution in [-0.4, -0.2) is 6.61 Å². The molecular weight excluding hydrogens is 220 g/mol. The van der Waals surface area contributed by atoms with Gasteiger partial charge in [-0.2, -0.15) is 0 Å². The average Bonchev–Trinajstić information content (AvgIpc) is 2.31. The molecule has 1 aromatic rings. The Morgan fingerprint density at radius 1 is 1.38 bits per heavy atom. The summed E-state index contributed by atoms with van der Waals surface area (Å²) in [4.78, 5) is 0. The van der Waals surface area contributed by atoms with Crippen LogP contribution in [0, 0.1) is 0 Å². The molecule has 0 unspecified atom stereocenters. The third kappa shape index (κ3) is 3.74. The van der Waals surface area contributed by atoms with Crippen molar-refractivity contribution < 1.29 is 4.74 Å². The summed E-state index contributed by atoms with van der Waals surface area (Å²) in [6.07, 6.45) is 2.63.